The molecule has 10 nitrogen and oxygen atoms in total. The maximum absolute atomic E-state index is 13.6. The number of nitrogens with zero attached hydrogens (tertiary/aromatic N) is 2. The Bertz CT molecular complexity index is 915. The van der Waals surface area contributed by atoms with E-state index in [2.05, 4.69) is 5.32 Å². The lowest BCUT2D eigenvalue weighted by Gasteiger charge is -2.36. The van der Waals surface area contributed by atoms with Crippen LogP contribution in [0.25, 0.3) is 0 Å². The Kier molecular flexibility index (Phi) is 8.71. The molecular weight excluding hydrogens is 454 g/mol. The Labute approximate surface area is 205 Å². The molecule has 0 aromatic heterocycles. The lowest BCUT2D eigenvalue weighted by atomic mass is 9.85. The summed E-state index contributed by atoms with van der Waals surface area (Å²) < 4.78 is 10.3. The molecule has 3 rings (SSSR count). The molecule has 3 unspecified atom stereocenters. The molecule has 2 fully saturated rings. The molecule has 0 bridgehead atoms. The molecule has 0 saturated carbocycles. The Hall–Kier alpha value is -3.14. The van der Waals surface area contributed by atoms with Gasteiger partial charge in [0.15, 0.2) is 0 Å². The number of carbonyl (C=O) groups excluding carboxylic acids is 4. The maximum Gasteiger partial charge on any atom is 0.408 e. The first kappa shape index (κ1) is 26.5. The van der Waals surface area contributed by atoms with Crippen LogP contribution in [0.5, 0.6) is 0 Å². The first-order valence-corrected chi connectivity index (χ1v) is 12.0. The van der Waals surface area contributed by atoms with Gasteiger partial charge in [-0.1, -0.05) is 51.1 Å². The largest absolute Gasteiger partial charge is 0.463 e. The van der Waals surface area contributed by atoms with Crippen molar-refractivity contribution in [1.29, 1.82) is 0 Å². The van der Waals surface area contributed by atoms with Gasteiger partial charge in [0, 0.05) is 6.54 Å². The van der Waals surface area contributed by atoms with Gasteiger partial charge in [0.2, 0.25) is 5.91 Å². The third-order valence-corrected chi connectivity index (χ3v) is 6.06. The van der Waals surface area contributed by atoms with Crippen molar-refractivity contribution in [2.24, 2.45) is 5.41 Å². The molecule has 0 aliphatic carbocycles. The van der Waals surface area contributed by atoms with Crippen molar-refractivity contribution in [3.63, 3.8) is 0 Å². The lowest BCUT2D eigenvalue weighted by molar-refractivity contribution is -0.203. The number of nitrogens with one attached hydrogen (secondary N) is 1. The quantitative estimate of drug-likeness (QED) is 0.441. The number of hydroxylamine groups is 2. The lowest BCUT2D eigenvalue weighted by Crippen LogP contribution is -2.58. The van der Waals surface area contributed by atoms with E-state index in [1.165, 1.54) is 9.96 Å². The molecule has 2 aliphatic rings. The Morgan fingerprint density at radius 1 is 1.23 bits per heavy atom. The fourth-order valence-electron chi connectivity index (χ4n) is 4.27. The highest BCUT2D eigenvalue weighted by molar-refractivity contribution is 5.92. The summed E-state index contributed by atoms with van der Waals surface area (Å²) >= 11 is 0. The summed E-state index contributed by atoms with van der Waals surface area (Å²) in [6, 6.07) is 7.06. The molecule has 2 heterocycles. The van der Waals surface area contributed by atoms with E-state index < -0.39 is 35.6 Å². The molecule has 1 N–H and O–H groups in total. The minimum atomic E-state index is -0.906. The second-order valence-electron chi connectivity index (χ2n) is 9.82. The van der Waals surface area contributed by atoms with Crippen LogP contribution in [-0.2, 0) is 35.3 Å². The first-order chi connectivity index (χ1) is 16.6. The Morgan fingerprint density at radius 2 is 1.94 bits per heavy atom. The van der Waals surface area contributed by atoms with Gasteiger partial charge in [-0.25, -0.2) is 9.86 Å². The summed E-state index contributed by atoms with van der Waals surface area (Å²) in [7, 11) is 0. The van der Waals surface area contributed by atoms with Crippen LogP contribution in [0.3, 0.4) is 0 Å². The van der Waals surface area contributed by atoms with Gasteiger partial charge in [0.05, 0.1) is 13.0 Å². The number of cyclic esters (lactones) is 1. The standard InChI is InChI=1S/C25H35N3O7/c1-5-35-28(18-14-20(29)33-16-18)22(30)19-12-9-13-27(19)23(31)21(25(2,3)4)26-24(32)34-15-17-10-7-6-8-11-17/h6-8,10-11,18-19,21H,5,9,12-16H2,1-4H3,(H,26,32). The summed E-state index contributed by atoms with van der Waals surface area (Å²) in [5.41, 5.74) is 0.196. The van der Waals surface area contributed by atoms with Crippen molar-refractivity contribution < 1.29 is 33.5 Å². The number of alkyl carbamates (subject to hydrolysis) is 1. The van der Waals surface area contributed by atoms with E-state index in [1.54, 1.807) is 6.92 Å². The van der Waals surface area contributed by atoms with Crippen LogP contribution in [-0.4, -0.2) is 71.7 Å². The van der Waals surface area contributed by atoms with Crippen LogP contribution in [0.15, 0.2) is 30.3 Å². The number of hydrogen-bond donors (Lipinski definition) is 1. The highest BCUT2D eigenvalue weighted by Gasteiger charge is 2.45. The SMILES string of the molecule is CCON(C(=O)C1CCCN1C(=O)C(NC(=O)OCc1ccccc1)C(C)(C)C)C1COC(=O)C1. The van der Waals surface area contributed by atoms with Gasteiger partial charge in [-0.05, 0) is 30.7 Å². The second kappa shape index (κ2) is 11.5. The van der Waals surface area contributed by atoms with E-state index in [4.69, 9.17) is 14.3 Å². The summed E-state index contributed by atoms with van der Waals surface area (Å²) in [5, 5.41) is 3.89. The van der Waals surface area contributed by atoms with Gasteiger partial charge in [0.25, 0.3) is 5.91 Å². The monoisotopic (exact) mass is 489 g/mol. The average Bonchev–Trinajstić information content (AvgIpc) is 3.48. The fraction of sp³-hybridized carbons (Fsp3) is 0.600. The van der Waals surface area contributed by atoms with Crippen LogP contribution >= 0.6 is 0 Å². The molecular formula is C25H35N3O7. The smallest absolute Gasteiger partial charge is 0.408 e. The number of esters is 1. The number of carbonyl (C=O) groups is 4. The number of amides is 3. The minimum Gasteiger partial charge on any atom is -0.463 e. The molecule has 35 heavy (non-hydrogen) atoms. The predicted molar refractivity (Wildman–Crippen MR) is 126 cm³/mol. The zero-order chi connectivity index (χ0) is 25.6. The molecule has 1 aromatic carbocycles. The topological polar surface area (TPSA) is 114 Å². The molecule has 2 saturated heterocycles. The molecule has 10 heteroatoms. The highest BCUT2D eigenvalue weighted by Crippen LogP contribution is 2.28. The van der Waals surface area contributed by atoms with Gasteiger partial charge < -0.3 is 19.7 Å². The molecule has 192 valence electrons. The maximum atomic E-state index is 13.6. The van der Waals surface area contributed by atoms with Gasteiger partial charge in [-0.3, -0.25) is 19.2 Å². The highest BCUT2D eigenvalue weighted by atomic mass is 16.7. The average molecular weight is 490 g/mol. The van der Waals surface area contributed by atoms with Crippen molar-refractivity contribution in [2.75, 3.05) is 19.8 Å². The van der Waals surface area contributed by atoms with Crippen LogP contribution in [0.2, 0.25) is 0 Å². The third kappa shape index (κ3) is 6.72. The zero-order valence-corrected chi connectivity index (χ0v) is 20.8. The van der Waals surface area contributed by atoms with E-state index in [1.807, 2.05) is 51.1 Å². The Morgan fingerprint density at radius 3 is 2.54 bits per heavy atom. The van der Waals surface area contributed by atoms with E-state index >= 15 is 0 Å². The van der Waals surface area contributed by atoms with Gasteiger partial charge in [0.1, 0.15) is 31.3 Å². The second-order valence-corrected chi connectivity index (χ2v) is 9.82. The number of benzene rings is 1. The summed E-state index contributed by atoms with van der Waals surface area (Å²) in [6.45, 7) is 8.02. The van der Waals surface area contributed by atoms with Gasteiger partial charge >= 0.3 is 12.1 Å². The molecule has 3 amide bonds. The molecule has 0 spiro atoms. The van der Waals surface area contributed by atoms with E-state index in [0.29, 0.717) is 19.4 Å². The van der Waals surface area contributed by atoms with E-state index in [9.17, 15) is 19.2 Å². The molecule has 3 atom stereocenters. The summed E-state index contributed by atoms with van der Waals surface area (Å²) in [4.78, 5) is 58.3. The molecule has 2 aliphatic heterocycles. The summed E-state index contributed by atoms with van der Waals surface area (Å²) in [6.07, 6.45) is 0.440. The normalized spacial score (nSPS) is 20.8. The van der Waals surface area contributed by atoms with Crippen LogP contribution in [0.4, 0.5) is 4.79 Å². The zero-order valence-electron chi connectivity index (χ0n) is 20.8. The molecule has 1 aromatic rings. The number of ether oxygens (including phenoxy) is 2. The molecule has 0 radical (unpaired) electrons. The Balaban J connectivity index is 1.70. The van der Waals surface area contributed by atoms with Crippen LogP contribution in [0, 0.1) is 5.41 Å². The van der Waals surface area contributed by atoms with Crippen molar-refractivity contribution >= 4 is 23.9 Å². The number of rotatable bonds is 8. The minimum absolute atomic E-state index is 0.0475. The fourth-order valence-corrected chi connectivity index (χ4v) is 4.27. The van der Waals surface area contributed by atoms with Crippen LogP contribution < -0.4 is 5.32 Å². The predicted octanol–water partition coefficient (Wildman–Crippen LogP) is 2.41. The van der Waals surface area contributed by atoms with Crippen LogP contribution in [0.1, 0.15) is 52.5 Å². The third-order valence-electron chi connectivity index (χ3n) is 6.06. The van der Waals surface area contributed by atoms with E-state index in [0.717, 1.165) is 5.56 Å². The first-order valence-electron chi connectivity index (χ1n) is 12.0. The van der Waals surface area contributed by atoms with Gasteiger partial charge in [-0.2, -0.15) is 0 Å². The number of likely N-dealkylation sites (tertiary alicyclic amines) is 1. The summed E-state index contributed by atoms with van der Waals surface area (Å²) in [5.74, 6) is -1.14. The number of hydrogen-bond acceptors (Lipinski definition) is 7. The van der Waals surface area contributed by atoms with Gasteiger partial charge in [-0.15, -0.1) is 0 Å². The van der Waals surface area contributed by atoms with Crippen molar-refractivity contribution in [2.45, 2.75) is 71.7 Å². The van der Waals surface area contributed by atoms with Crippen molar-refractivity contribution in [3.8, 4) is 0 Å². The van der Waals surface area contributed by atoms with Crippen molar-refractivity contribution in [3.05, 3.63) is 35.9 Å². The van der Waals surface area contributed by atoms with Crippen molar-refractivity contribution in [1.82, 2.24) is 15.3 Å². The van der Waals surface area contributed by atoms with E-state index in [-0.39, 0.29) is 38.1 Å².